The van der Waals surface area contributed by atoms with Gasteiger partial charge in [0.1, 0.15) is 5.82 Å². The van der Waals surface area contributed by atoms with Gasteiger partial charge in [-0.25, -0.2) is 9.97 Å². The van der Waals surface area contributed by atoms with E-state index in [4.69, 9.17) is 10.7 Å². The lowest BCUT2D eigenvalue weighted by molar-refractivity contribution is 0.100. The third-order valence-corrected chi connectivity index (χ3v) is 6.18. The Bertz CT molecular complexity index is 946. The van der Waals surface area contributed by atoms with Crippen LogP contribution in [0.2, 0.25) is 0 Å². The topological polar surface area (TPSA) is 72.1 Å². The number of aryl methyl sites for hydroxylation is 1. The Labute approximate surface area is 162 Å². The van der Waals surface area contributed by atoms with Crippen molar-refractivity contribution < 1.29 is 4.79 Å². The summed E-state index contributed by atoms with van der Waals surface area (Å²) in [6, 6.07) is 14.1. The quantitative estimate of drug-likeness (QED) is 0.754. The van der Waals surface area contributed by atoms with Crippen LogP contribution < -0.4 is 10.6 Å². The Morgan fingerprint density at radius 2 is 1.89 bits per heavy atom. The first kappa shape index (κ1) is 17.7. The van der Waals surface area contributed by atoms with Crippen LogP contribution in [0, 0.1) is 6.92 Å². The molecule has 0 saturated carbocycles. The number of piperidine rings is 1. The number of rotatable bonds is 4. The lowest BCUT2D eigenvalue weighted by Gasteiger charge is -2.42. The Morgan fingerprint density at radius 1 is 1.15 bits per heavy atom. The summed E-state index contributed by atoms with van der Waals surface area (Å²) in [5, 5.41) is 3.27. The molecule has 1 aliphatic rings. The minimum Gasteiger partial charge on any atom is -0.365 e. The zero-order valence-corrected chi connectivity index (χ0v) is 16.1. The van der Waals surface area contributed by atoms with Gasteiger partial charge in [0.25, 0.3) is 5.91 Å². The fourth-order valence-corrected chi connectivity index (χ4v) is 4.69. The molecule has 0 unspecified atom stereocenters. The van der Waals surface area contributed by atoms with Crippen LogP contribution in [0.3, 0.4) is 0 Å². The van der Waals surface area contributed by atoms with Gasteiger partial charge in [-0.05, 0) is 37.5 Å². The molecule has 3 heterocycles. The highest BCUT2D eigenvalue weighted by molar-refractivity contribution is 7.09. The summed E-state index contributed by atoms with van der Waals surface area (Å²) in [7, 11) is 0. The maximum atomic E-state index is 11.8. The van der Waals surface area contributed by atoms with Crippen LogP contribution in [0.25, 0.3) is 0 Å². The summed E-state index contributed by atoms with van der Waals surface area (Å²) >= 11 is 1.70. The van der Waals surface area contributed by atoms with Gasteiger partial charge >= 0.3 is 0 Å². The highest BCUT2D eigenvalue weighted by atomic mass is 32.1. The first-order valence-corrected chi connectivity index (χ1v) is 9.96. The molecule has 1 aromatic carbocycles. The minimum atomic E-state index is -0.437. The van der Waals surface area contributed by atoms with Crippen LogP contribution >= 0.6 is 11.3 Å². The largest absolute Gasteiger partial charge is 0.365 e. The van der Waals surface area contributed by atoms with Gasteiger partial charge in [0.2, 0.25) is 0 Å². The van der Waals surface area contributed by atoms with Crippen molar-refractivity contribution in [3.8, 4) is 0 Å². The number of carbonyl (C=O) groups excluding carboxylic acids is 1. The van der Waals surface area contributed by atoms with Gasteiger partial charge < -0.3 is 10.6 Å². The fourth-order valence-electron chi connectivity index (χ4n) is 3.97. The number of thiazole rings is 1. The molecule has 1 aliphatic heterocycles. The number of benzene rings is 1. The fraction of sp³-hybridized carbons (Fsp3) is 0.286. The van der Waals surface area contributed by atoms with E-state index < -0.39 is 5.91 Å². The van der Waals surface area contributed by atoms with Crippen molar-refractivity contribution in [1.29, 1.82) is 0 Å². The number of hydrogen-bond acceptors (Lipinski definition) is 5. The standard InChI is InChI=1S/C21H22N4OS/c1-15-24-18(14-27-15)21(16-6-3-2-4-7-16)9-12-25(13-10-21)20-17(19(22)26)8-5-11-23-20/h2-8,11,14H,9-10,12-13H2,1H3,(H2,22,26). The van der Waals surface area contributed by atoms with Crippen LogP contribution in [0.5, 0.6) is 0 Å². The molecular formula is C21H22N4OS. The van der Waals surface area contributed by atoms with E-state index in [0.717, 1.165) is 36.6 Å². The third-order valence-electron chi connectivity index (χ3n) is 5.40. The number of carbonyl (C=O) groups is 1. The van der Waals surface area contributed by atoms with E-state index in [0.29, 0.717) is 11.4 Å². The number of pyridine rings is 1. The maximum absolute atomic E-state index is 11.8. The van der Waals surface area contributed by atoms with Crippen LogP contribution in [0.1, 0.15) is 39.5 Å². The normalized spacial score (nSPS) is 16.3. The average molecular weight is 379 g/mol. The smallest absolute Gasteiger partial charge is 0.252 e. The summed E-state index contributed by atoms with van der Waals surface area (Å²) < 4.78 is 0. The van der Waals surface area contributed by atoms with E-state index in [2.05, 4.69) is 46.5 Å². The predicted molar refractivity (Wildman–Crippen MR) is 108 cm³/mol. The van der Waals surface area contributed by atoms with Crippen molar-refractivity contribution in [2.75, 3.05) is 18.0 Å². The van der Waals surface area contributed by atoms with Crippen LogP contribution in [0.15, 0.2) is 54.0 Å². The highest BCUT2D eigenvalue weighted by Crippen LogP contribution is 2.42. The first-order chi connectivity index (χ1) is 13.1. The molecule has 2 aromatic heterocycles. The highest BCUT2D eigenvalue weighted by Gasteiger charge is 2.40. The number of hydrogen-bond donors (Lipinski definition) is 1. The average Bonchev–Trinajstić information content (AvgIpc) is 3.15. The lowest BCUT2D eigenvalue weighted by atomic mass is 9.70. The van der Waals surface area contributed by atoms with E-state index in [1.165, 1.54) is 5.56 Å². The summed E-state index contributed by atoms with van der Waals surface area (Å²) in [4.78, 5) is 23.2. The molecule has 5 nitrogen and oxygen atoms in total. The molecule has 1 fully saturated rings. The molecule has 0 bridgehead atoms. The van der Waals surface area contributed by atoms with Crippen molar-refractivity contribution in [3.05, 3.63) is 75.9 Å². The zero-order chi connectivity index (χ0) is 18.9. The number of nitrogens with zero attached hydrogens (tertiary/aromatic N) is 3. The molecule has 3 aromatic rings. The molecular weight excluding hydrogens is 356 g/mol. The summed E-state index contributed by atoms with van der Waals surface area (Å²) in [5.74, 6) is 0.245. The zero-order valence-electron chi connectivity index (χ0n) is 15.3. The molecule has 1 amide bonds. The van der Waals surface area contributed by atoms with E-state index in [-0.39, 0.29) is 5.41 Å². The van der Waals surface area contributed by atoms with E-state index in [1.807, 2.05) is 6.07 Å². The van der Waals surface area contributed by atoms with Gasteiger partial charge in [-0.15, -0.1) is 11.3 Å². The molecule has 1 saturated heterocycles. The van der Waals surface area contributed by atoms with Crippen molar-refractivity contribution in [2.24, 2.45) is 5.73 Å². The van der Waals surface area contributed by atoms with Crippen molar-refractivity contribution >= 4 is 23.1 Å². The lowest BCUT2D eigenvalue weighted by Crippen LogP contribution is -2.44. The Kier molecular flexibility index (Phi) is 4.66. The molecule has 0 spiro atoms. The second-order valence-corrected chi connectivity index (χ2v) is 7.99. The van der Waals surface area contributed by atoms with Gasteiger partial charge in [-0.2, -0.15) is 0 Å². The third kappa shape index (κ3) is 3.21. The van der Waals surface area contributed by atoms with E-state index in [1.54, 1.807) is 29.7 Å². The van der Waals surface area contributed by atoms with Crippen LogP contribution in [-0.2, 0) is 5.41 Å². The Balaban J connectivity index is 1.68. The molecule has 0 radical (unpaired) electrons. The molecule has 0 atom stereocenters. The Morgan fingerprint density at radius 3 is 2.52 bits per heavy atom. The van der Waals surface area contributed by atoms with E-state index in [9.17, 15) is 4.79 Å². The van der Waals surface area contributed by atoms with Gasteiger partial charge in [-0.3, -0.25) is 4.79 Å². The molecule has 2 N–H and O–H groups in total. The maximum Gasteiger partial charge on any atom is 0.252 e. The van der Waals surface area contributed by atoms with E-state index >= 15 is 0 Å². The molecule has 27 heavy (non-hydrogen) atoms. The van der Waals surface area contributed by atoms with Crippen molar-refractivity contribution in [2.45, 2.75) is 25.2 Å². The summed E-state index contributed by atoms with van der Waals surface area (Å²) in [6.07, 6.45) is 3.54. The second-order valence-electron chi connectivity index (χ2n) is 6.93. The van der Waals surface area contributed by atoms with Crippen LogP contribution in [0.4, 0.5) is 5.82 Å². The number of primary amides is 1. The SMILES string of the molecule is Cc1nc(C2(c3ccccc3)CCN(c3ncccc3C(N)=O)CC2)cs1. The van der Waals surface area contributed by atoms with Crippen LogP contribution in [-0.4, -0.2) is 29.0 Å². The Hall–Kier alpha value is -2.73. The number of nitrogens with two attached hydrogens (primary N) is 1. The van der Waals surface area contributed by atoms with Gasteiger partial charge in [-0.1, -0.05) is 30.3 Å². The van der Waals surface area contributed by atoms with Gasteiger partial charge in [0, 0.05) is 30.1 Å². The monoisotopic (exact) mass is 378 g/mol. The molecule has 0 aliphatic carbocycles. The number of anilines is 1. The first-order valence-electron chi connectivity index (χ1n) is 9.08. The molecule has 6 heteroatoms. The minimum absolute atomic E-state index is 0.107. The van der Waals surface area contributed by atoms with Gasteiger partial charge in [0.15, 0.2) is 0 Å². The molecule has 138 valence electrons. The number of amides is 1. The van der Waals surface area contributed by atoms with Crippen molar-refractivity contribution in [1.82, 2.24) is 9.97 Å². The number of aromatic nitrogens is 2. The second kappa shape index (κ2) is 7.12. The van der Waals surface area contributed by atoms with Crippen molar-refractivity contribution in [3.63, 3.8) is 0 Å². The molecule has 4 rings (SSSR count). The predicted octanol–water partition coefficient (Wildman–Crippen LogP) is 3.53. The summed E-state index contributed by atoms with van der Waals surface area (Å²) in [6.45, 7) is 3.64. The summed E-state index contributed by atoms with van der Waals surface area (Å²) in [5.41, 5.74) is 8.36. The van der Waals surface area contributed by atoms with Gasteiger partial charge in [0.05, 0.1) is 16.3 Å².